The molecule has 0 bridgehead atoms. The molecule has 2 aliphatic rings. The number of carbonyl (C=O) groups is 1. The molecular formula is C16H31N3O2. The second-order valence-corrected chi connectivity index (χ2v) is 6.63. The van der Waals surface area contributed by atoms with Crippen molar-refractivity contribution in [1.82, 2.24) is 15.5 Å². The van der Waals surface area contributed by atoms with Gasteiger partial charge in [-0.15, -0.1) is 0 Å². The molecule has 21 heavy (non-hydrogen) atoms. The van der Waals surface area contributed by atoms with E-state index >= 15 is 0 Å². The van der Waals surface area contributed by atoms with Crippen LogP contribution >= 0.6 is 0 Å². The van der Waals surface area contributed by atoms with Crippen molar-refractivity contribution in [3.63, 3.8) is 0 Å². The predicted molar refractivity (Wildman–Crippen MR) is 84.3 cm³/mol. The SMILES string of the molecule is CCC(CCO)NC(=O)NC1CCN(CC2CCCC2)C1. The molecule has 2 fully saturated rings. The molecule has 1 aliphatic carbocycles. The van der Waals surface area contributed by atoms with Crippen LogP contribution in [0.2, 0.25) is 0 Å². The van der Waals surface area contributed by atoms with Gasteiger partial charge in [0.05, 0.1) is 0 Å². The van der Waals surface area contributed by atoms with E-state index < -0.39 is 0 Å². The molecule has 2 atom stereocenters. The molecule has 3 N–H and O–H groups in total. The smallest absolute Gasteiger partial charge is 0.315 e. The first-order chi connectivity index (χ1) is 10.2. The number of likely N-dealkylation sites (tertiary alicyclic amines) is 1. The average molecular weight is 297 g/mol. The molecule has 0 aromatic heterocycles. The molecule has 2 amide bonds. The van der Waals surface area contributed by atoms with Crippen molar-refractivity contribution in [3.8, 4) is 0 Å². The van der Waals surface area contributed by atoms with E-state index in [2.05, 4.69) is 15.5 Å². The van der Waals surface area contributed by atoms with Crippen LogP contribution in [0.25, 0.3) is 0 Å². The number of nitrogens with zero attached hydrogens (tertiary/aromatic N) is 1. The monoisotopic (exact) mass is 297 g/mol. The maximum Gasteiger partial charge on any atom is 0.315 e. The Morgan fingerprint density at radius 2 is 2.10 bits per heavy atom. The molecule has 5 nitrogen and oxygen atoms in total. The van der Waals surface area contributed by atoms with Crippen molar-refractivity contribution in [2.24, 2.45) is 5.92 Å². The minimum atomic E-state index is -0.0805. The van der Waals surface area contributed by atoms with Crippen LogP contribution < -0.4 is 10.6 Å². The summed E-state index contributed by atoms with van der Waals surface area (Å²) in [6.45, 7) is 5.45. The molecule has 122 valence electrons. The molecule has 1 aliphatic heterocycles. The molecule has 1 heterocycles. The summed E-state index contributed by atoms with van der Waals surface area (Å²) in [4.78, 5) is 14.5. The third-order valence-corrected chi connectivity index (χ3v) is 4.90. The Bertz CT molecular complexity index is 319. The van der Waals surface area contributed by atoms with E-state index in [-0.39, 0.29) is 24.7 Å². The van der Waals surface area contributed by atoms with Crippen LogP contribution in [0.1, 0.15) is 51.9 Å². The fraction of sp³-hybridized carbons (Fsp3) is 0.938. The summed E-state index contributed by atoms with van der Waals surface area (Å²) < 4.78 is 0. The van der Waals surface area contributed by atoms with Gasteiger partial charge in [0, 0.05) is 38.3 Å². The lowest BCUT2D eigenvalue weighted by atomic mass is 10.1. The lowest BCUT2D eigenvalue weighted by Gasteiger charge is -2.21. The van der Waals surface area contributed by atoms with Gasteiger partial charge in [-0.1, -0.05) is 19.8 Å². The summed E-state index contributed by atoms with van der Waals surface area (Å²) in [5, 5.41) is 15.0. The Morgan fingerprint density at radius 1 is 1.33 bits per heavy atom. The minimum absolute atomic E-state index is 0.0750. The van der Waals surface area contributed by atoms with Crippen LogP contribution in [-0.4, -0.2) is 54.4 Å². The Kier molecular flexibility index (Phi) is 6.77. The summed E-state index contributed by atoms with van der Waals surface area (Å²) in [7, 11) is 0. The van der Waals surface area contributed by atoms with E-state index in [1.807, 2.05) is 6.92 Å². The number of rotatable bonds is 7. The lowest BCUT2D eigenvalue weighted by molar-refractivity contribution is 0.223. The highest BCUT2D eigenvalue weighted by atomic mass is 16.3. The van der Waals surface area contributed by atoms with E-state index in [0.717, 1.165) is 31.8 Å². The third kappa shape index (κ3) is 5.47. The zero-order valence-electron chi connectivity index (χ0n) is 13.3. The predicted octanol–water partition coefficient (Wildman–Crippen LogP) is 1.71. The fourth-order valence-corrected chi connectivity index (χ4v) is 3.62. The summed E-state index contributed by atoms with van der Waals surface area (Å²) in [5.41, 5.74) is 0. The van der Waals surface area contributed by atoms with Gasteiger partial charge < -0.3 is 20.6 Å². The molecule has 0 spiro atoms. The topological polar surface area (TPSA) is 64.6 Å². The number of amides is 2. The van der Waals surface area contributed by atoms with Crippen molar-refractivity contribution in [2.45, 2.75) is 64.0 Å². The van der Waals surface area contributed by atoms with E-state index in [9.17, 15) is 4.79 Å². The normalized spacial score (nSPS) is 25.1. The molecule has 5 heteroatoms. The third-order valence-electron chi connectivity index (χ3n) is 4.90. The van der Waals surface area contributed by atoms with Crippen LogP contribution in [0, 0.1) is 5.92 Å². The van der Waals surface area contributed by atoms with Crippen LogP contribution in [0.15, 0.2) is 0 Å². The van der Waals surface area contributed by atoms with E-state index in [4.69, 9.17) is 5.11 Å². The van der Waals surface area contributed by atoms with Crippen molar-refractivity contribution in [2.75, 3.05) is 26.2 Å². The maximum atomic E-state index is 12.0. The van der Waals surface area contributed by atoms with Gasteiger partial charge in [-0.2, -0.15) is 0 Å². The van der Waals surface area contributed by atoms with Gasteiger partial charge in [0.1, 0.15) is 0 Å². The molecule has 2 rings (SSSR count). The minimum Gasteiger partial charge on any atom is -0.396 e. The Morgan fingerprint density at radius 3 is 2.76 bits per heavy atom. The second kappa shape index (κ2) is 8.59. The number of urea groups is 1. The molecule has 2 unspecified atom stereocenters. The van der Waals surface area contributed by atoms with Crippen LogP contribution in [0.5, 0.6) is 0 Å². The largest absolute Gasteiger partial charge is 0.396 e. The highest BCUT2D eigenvalue weighted by molar-refractivity contribution is 5.74. The van der Waals surface area contributed by atoms with Crippen LogP contribution in [0.3, 0.4) is 0 Å². The Hall–Kier alpha value is -0.810. The molecule has 1 saturated carbocycles. The van der Waals surface area contributed by atoms with Gasteiger partial charge in [0.25, 0.3) is 0 Å². The zero-order chi connectivity index (χ0) is 15.1. The van der Waals surface area contributed by atoms with Crippen molar-refractivity contribution in [1.29, 1.82) is 0 Å². The number of nitrogens with one attached hydrogen (secondary N) is 2. The van der Waals surface area contributed by atoms with Gasteiger partial charge in [0.2, 0.25) is 0 Å². The van der Waals surface area contributed by atoms with Gasteiger partial charge >= 0.3 is 6.03 Å². The number of hydrogen-bond acceptors (Lipinski definition) is 3. The van der Waals surface area contributed by atoms with E-state index in [0.29, 0.717) is 6.42 Å². The second-order valence-electron chi connectivity index (χ2n) is 6.63. The molecule has 1 saturated heterocycles. The molecule has 0 radical (unpaired) electrons. The first-order valence-corrected chi connectivity index (χ1v) is 8.61. The highest BCUT2D eigenvalue weighted by Crippen LogP contribution is 2.26. The van der Waals surface area contributed by atoms with Gasteiger partial charge in [-0.25, -0.2) is 4.79 Å². The Labute approximate surface area is 128 Å². The number of carbonyl (C=O) groups excluding carboxylic acids is 1. The first-order valence-electron chi connectivity index (χ1n) is 8.61. The van der Waals surface area contributed by atoms with Gasteiger partial charge in [-0.05, 0) is 38.0 Å². The Balaban J connectivity index is 1.65. The fourth-order valence-electron chi connectivity index (χ4n) is 3.62. The number of aliphatic hydroxyl groups excluding tert-OH is 1. The van der Waals surface area contributed by atoms with Crippen LogP contribution in [-0.2, 0) is 0 Å². The standard InChI is InChI=1S/C16H31N3O2/c1-2-14(8-10-20)17-16(21)18-15-7-9-19(12-15)11-13-5-3-4-6-13/h13-15,20H,2-12H2,1H3,(H2,17,18,21). The molecular weight excluding hydrogens is 266 g/mol. The molecule has 0 aromatic rings. The summed E-state index contributed by atoms with van der Waals surface area (Å²) >= 11 is 0. The quantitative estimate of drug-likeness (QED) is 0.670. The summed E-state index contributed by atoms with van der Waals surface area (Å²) in [5.74, 6) is 0.881. The summed E-state index contributed by atoms with van der Waals surface area (Å²) in [6, 6.07) is 0.270. The zero-order valence-corrected chi connectivity index (χ0v) is 13.3. The maximum absolute atomic E-state index is 12.0. The van der Waals surface area contributed by atoms with E-state index in [1.165, 1.54) is 32.2 Å². The highest BCUT2D eigenvalue weighted by Gasteiger charge is 2.27. The molecule has 0 aromatic carbocycles. The van der Waals surface area contributed by atoms with Crippen molar-refractivity contribution >= 4 is 6.03 Å². The van der Waals surface area contributed by atoms with Crippen molar-refractivity contribution in [3.05, 3.63) is 0 Å². The van der Waals surface area contributed by atoms with Crippen molar-refractivity contribution < 1.29 is 9.90 Å². The average Bonchev–Trinajstić information content (AvgIpc) is 3.11. The number of aliphatic hydroxyl groups is 1. The first kappa shape index (κ1) is 16.6. The van der Waals surface area contributed by atoms with E-state index in [1.54, 1.807) is 0 Å². The van der Waals surface area contributed by atoms with Gasteiger partial charge in [0.15, 0.2) is 0 Å². The summed E-state index contributed by atoms with van der Waals surface area (Å²) in [6.07, 6.45) is 8.09. The van der Waals surface area contributed by atoms with Crippen LogP contribution in [0.4, 0.5) is 4.79 Å². The number of hydrogen-bond donors (Lipinski definition) is 3. The van der Waals surface area contributed by atoms with Gasteiger partial charge in [-0.3, -0.25) is 0 Å². The lowest BCUT2D eigenvalue weighted by Crippen LogP contribution is -2.47.